The second kappa shape index (κ2) is 2.20. The zero-order valence-corrected chi connectivity index (χ0v) is 6.69. The molecule has 0 bridgehead atoms. The predicted octanol–water partition coefficient (Wildman–Crippen LogP) is 0.959. The van der Waals surface area contributed by atoms with E-state index in [1.165, 1.54) is 0 Å². The lowest BCUT2D eigenvalue weighted by atomic mass is 10.1. The molecule has 1 aromatic carbocycles. The number of nitrogens with zero attached hydrogens (tertiary/aromatic N) is 1. The zero-order valence-electron chi connectivity index (χ0n) is 6.69. The van der Waals surface area contributed by atoms with E-state index in [-0.39, 0.29) is 0 Å². The molecule has 1 atom stereocenters. The van der Waals surface area contributed by atoms with E-state index in [1.54, 1.807) is 13.0 Å². The molecule has 0 fully saturated rings. The van der Waals surface area contributed by atoms with Crippen LogP contribution >= 0.6 is 0 Å². The van der Waals surface area contributed by atoms with E-state index in [0.717, 1.165) is 5.56 Å². The highest BCUT2D eigenvalue weighted by molar-refractivity contribution is 5.55. The summed E-state index contributed by atoms with van der Waals surface area (Å²) in [7, 11) is 0. The van der Waals surface area contributed by atoms with E-state index in [0.29, 0.717) is 10.9 Å². The Labute approximate surface area is 70.1 Å². The van der Waals surface area contributed by atoms with Crippen molar-refractivity contribution in [2.75, 3.05) is 5.23 Å². The van der Waals surface area contributed by atoms with E-state index < -0.39 is 5.72 Å². The van der Waals surface area contributed by atoms with Crippen molar-refractivity contribution in [1.82, 2.24) is 0 Å². The van der Waals surface area contributed by atoms with Crippen LogP contribution in [-0.2, 0) is 10.6 Å². The number of para-hydroxylation sites is 1. The smallest absolute Gasteiger partial charge is 0.172 e. The molecule has 0 saturated carbocycles. The second-order valence-electron chi connectivity index (χ2n) is 2.99. The maximum Gasteiger partial charge on any atom is 0.172 e. The van der Waals surface area contributed by atoms with Gasteiger partial charge in [0.05, 0.1) is 0 Å². The van der Waals surface area contributed by atoms with Crippen molar-refractivity contribution in [2.24, 2.45) is 5.73 Å². The molecule has 64 valence electrons. The fourth-order valence-electron chi connectivity index (χ4n) is 1.34. The Morgan fingerprint density at radius 2 is 2.17 bits per heavy atom. The third-order valence-electron chi connectivity index (χ3n) is 1.92. The first-order chi connectivity index (χ1) is 5.61. The molecule has 12 heavy (non-hydrogen) atoms. The van der Waals surface area contributed by atoms with Gasteiger partial charge in [0.2, 0.25) is 0 Å². The Morgan fingerprint density at radius 3 is 2.83 bits per heavy atom. The molecule has 1 aliphatic heterocycles. The van der Waals surface area contributed by atoms with Crippen LogP contribution in [0.1, 0.15) is 12.5 Å². The Bertz CT molecular complexity index is 312. The lowest BCUT2D eigenvalue weighted by molar-refractivity contribution is -0.117. The molecule has 0 radical (unpaired) electrons. The molecule has 2 rings (SSSR count). The van der Waals surface area contributed by atoms with Gasteiger partial charge < -0.3 is 0 Å². The average Bonchev–Trinajstić information content (AvgIpc) is 2.25. The van der Waals surface area contributed by atoms with Gasteiger partial charge in [0.15, 0.2) is 5.72 Å². The molecule has 0 aliphatic carbocycles. The first kappa shape index (κ1) is 7.54. The quantitative estimate of drug-likeness (QED) is 0.602. The molecule has 1 aromatic rings. The van der Waals surface area contributed by atoms with Crippen LogP contribution in [0.4, 0.5) is 5.69 Å². The molecule has 3 N–H and O–H groups in total. The summed E-state index contributed by atoms with van der Waals surface area (Å²) in [6.45, 7) is 1.70. The maximum atomic E-state index is 9.25. The van der Waals surface area contributed by atoms with E-state index in [9.17, 15) is 5.21 Å². The second-order valence-corrected chi connectivity index (χ2v) is 2.99. The summed E-state index contributed by atoms with van der Waals surface area (Å²) >= 11 is 0. The van der Waals surface area contributed by atoms with E-state index in [1.807, 2.05) is 18.2 Å². The normalized spacial score (nSPS) is 27.4. The summed E-state index contributed by atoms with van der Waals surface area (Å²) in [5, 5.41) is 9.95. The minimum Gasteiger partial charge on any atom is -0.298 e. The largest absolute Gasteiger partial charge is 0.298 e. The first-order valence-corrected chi connectivity index (χ1v) is 3.68. The van der Waals surface area contributed by atoms with Gasteiger partial charge >= 0.3 is 0 Å². The number of anilines is 1. The number of nitrogens with two attached hydrogens (primary N) is 1. The summed E-state index contributed by atoms with van der Waals surface area (Å²) in [4.78, 5) is 4.99. The van der Waals surface area contributed by atoms with Gasteiger partial charge in [-0.1, -0.05) is 18.2 Å². The van der Waals surface area contributed by atoms with Gasteiger partial charge in [0.1, 0.15) is 5.69 Å². The highest BCUT2D eigenvalue weighted by atomic mass is 16.9. The molecular weight excluding hydrogens is 156 g/mol. The van der Waals surface area contributed by atoms with Crippen LogP contribution in [0.15, 0.2) is 24.3 Å². The fourth-order valence-corrected chi connectivity index (χ4v) is 1.34. The minimum absolute atomic E-state index is 0.600. The standard InChI is InChI=1S/C8H10N2O2/c1-8(9)6-4-2-3-5-7(6)10(11)12-8/h2-5,11H,9H2,1H3/t8-/m1/s1. The number of hydrogen-bond donors (Lipinski definition) is 2. The van der Waals surface area contributed by atoms with Crippen LogP contribution in [0, 0.1) is 0 Å². The van der Waals surface area contributed by atoms with Gasteiger partial charge in [0, 0.05) is 5.56 Å². The molecule has 1 aliphatic rings. The van der Waals surface area contributed by atoms with Crippen molar-refractivity contribution >= 4 is 5.69 Å². The molecule has 4 nitrogen and oxygen atoms in total. The Kier molecular flexibility index (Phi) is 1.38. The summed E-state index contributed by atoms with van der Waals surface area (Å²) in [6, 6.07) is 7.23. The van der Waals surface area contributed by atoms with E-state index in [4.69, 9.17) is 10.6 Å². The average molecular weight is 166 g/mol. The van der Waals surface area contributed by atoms with Crippen molar-refractivity contribution in [3.63, 3.8) is 0 Å². The lowest BCUT2D eigenvalue weighted by Gasteiger charge is -2.16. The van der Waals surface area contributed by atoms with Crippen LogP contribution in [0.25, 0.3) is 0 Å². The number of hydrogen-bond acceptors (Lipinski definition) is 4. The van der Waals surface area contributed by atoms with Crippen molar-refractivity contribution in [1.29, 1.82) is 0 Å². The van der Waals surface area contributed by atoms with Gasteiger partial charge in [0.25, 0.3) is 0 Å². The van der Waals surface area contributed by atoms with Crippen LogP contribution in [0.2, 0.25) is 0 Å². The van der Waals surface area contributed by atoms with Gasteiger partial charge in [-0.25, -0.2) is 4.84 Å². The number of rotatable bonds is 0. The Morgan fingerprint density at radius 1 is 1.50 bits per heavy atom. The van der Waals surface area contributed by atoms with Crippen LogP contribution in [0.5, 0.6) is 0 Å². The van der Waals surface area contributed by atoms with Gasteiger partial charge in [-0.3, -0.25) is 10.9 Å². The monoisotopic (exact) mass is 166 g/mol. The highest BCUT2D eigenvalue weighted by Gasteiger charge is 2.36. The predicted molar refractivity (Wildman–Crippen MR) is 43.3 cm³/mol. The van der Waals surface area contributed by atoms with Crippen molar-refractivity contribution in [3.8, 4) is 0 Å². The van der Waals surface area contributed by atoms with E-state index in [2.05, 4.69) is 0 Å². The summed E-state index contributed by atoms with van der Waals surface area (Å²) in [6.07, 6.45) is 0. The van der Waals surface area contributed by atoms with E-state index >= 15 is 0 Å². The minimum atomic E-state index is -0.925. The topological polar surface area (TPSA) is 58.7 Å². The first-order valence-electron chi connectivity index (χ1n) is 3.68. The van der Waals surface area contributed by atoms with Crippen molar-refractivity contribution < 1.29 is 10.0 Å². The van der Waals surface area contributed by atoms with Gasteiger partial charge in [-0.05, 0) is 13.0 Å². The molecule has 0 aromatic heterocycles. The highest BCUT2D eigenvalue weighted by Crippen LogP contribution is 2.36. The summed E-state index contributed by atoms with van der Waals surface area (Å²) in [5.41, 5.74) is 6.21. The Hall–Kier alpha value is -1.10. The van der Waals surface area contributed by atoms with Crippen LogP contribution in [-0.4, -0.2) is 5.21 Å². The zero-order chi connectivity index (χ0) is 8.77. The third-order valence-corrected chi connectivity index (χ3v) is 1.92. The molecule has 0 amide bonds. The van der Waals surface area contributed by atoms with Crippen LogP contribution in [0.3, 0.4) is 0 Å². The van der Waals surface area contributed by atoms with Gasteiger partial charge in [-0.2, -0.15) is 0 Å². The molecule has 0 unspecified atom stereocenters. The summed E-state index contributed by atoms with van der Waals surface area (Å²) < 4.78 is 0. The van der Waals surface area contributed by atoms with Crippen molar-refractivity contribution in [3.05, 3.63) is 29.8 Å². The number of fused-ring (bicyclic) bond motifs is 1. The molecule has 0 saturated heterocycles. The number of benzene rings is 1. The van der Waals surface area contributed by atoms with Crippen LogP contribution < -0.4 is 11.0 Å². The molecule has 0 spiro atoms. The third kappa shape index (κ3) is 0.896. The Balaban J connectivity index is 2.58. The summed E-state index contributed by atoms with van der Waals surface area (Å²) in [5.74, 6) is 0. The molecule has 4 heteroatoms. The SMILES string of the molecule is C[C@@]1(N)ON(O)c2ccccc21. The molecule has 1 heterocycles. The molecular formula is C8H10N2O2. The van der Waals surface area contributed by atoms with Crippen molar-refractivity contribution in [2.45, 2.75) is 12.6 Å². The maximum absolute atomic E-state index is 9.25. The van der Waals surface area contributed by atoms with Gasteiger partial charge in [-0.15, -0.1) is 5.23 Å². The fraction of sp³-hybridized carbons (Fsp3) is 0.250. The lowest BCUT2D eigenvalue weighted by Crippen LogP contribution is -2.35.